The Labute approximate surface area is 100 Å². The van der Waals surface area contributed by atoms with Gasteiger partial charge in [0.1, 0.15) is 12.0 Å². The summed E-state index contributed by atoms with van der Waals surface area (Å²) in [5.41, 5.74) is -0.634. The molecule has 0 aromatic carbocycles. The lowest BCUT2D eigenvalue weighted by Gasteiger charge is -2.19. The zero-order valence-electron chi connectivity index (χ0n) is 10.6. The molecular weight excluding hydrogens is 228 g/mol. The summed E-state index contributed by atoms with van der Waals surface area (Å²) in [6.07, 6.45) is -0.503. The summed E-state index contributed by atoms with van der Waals surface area (Å²) in [5, 5.41) is 0. The van der Waals surface area contributed by atoms with Crippen molar-refractivity contribution in [2.45, 2.75) is 39.7 Å². The molecule has 0 heterocycles. The molecule has 0 aliphatic heterocycles. The molecule has 0 aliphatic rings. The number of hydrogen-bond acceptors (Lipinski definition) is 6. The molecule has 0 atom stereocenters. The predicted octanol–water partition coefficient (Wildman–Crippen LogP) is 0.824. The molecule has 0 aliphatic carbocycles. The fourth-order valence-corrected chi connectivity index (χ4v) is 0.891. The topological polar surface area (TPSA) is 78.9 Å². The minimum Gasteiger partial charge on any atom is -0.466 e. The monoisotopic (exact) mass is 246 g/mol. The van der Waals surface area contributed by atoms with Crippen molar-refractivity contribution >= 4 is 17.9 Å². The van der Waals surface area contributed by atoms with Gasteiger partial charge in [0.15, 0.2) is 6.61 Å². The van der Waals surface area contributed by atoms with Crippen LogP contribution >= 0.6 is 0 Å². The number of rotatable bonds is 5. The average Bonchev–Trinajstić information content (AvgIpc) is 2.12. The molecule has 0 unspecified atom stereocenters. The Morgan fingerprint density at radius 1 is 0.941 bits per heavy atom. The van der Waals surface area contributed by atoms with Crippen LogP contribution in [0.5, 0.6) is 0 Å². The van der Waals surface area contributed by atoms with Gasteiger partial charge in [0.2, 0.25) is 0 Å². The van der Waals surface area contributed by atoms with Crippen molar-refractivity contribution in [3.8, 4) is 0 Å². The van der Waals surface area contributed by atoms with Gasteiger partial charge in [0.05, 0.1) is 6.61 Å². The summed E-state index contributed by atoms with van der Waals surface area (Å²) in [5.74, 6) is -2.15. The molecule has 0 spiro atoms. The first-order chi connectivity index (χ1) is 7.74. The van der Waals surface area contributed by atoms with Crippen molar-refractivity contribution in [1.29, 1.82) is 0 Å². The molecule has 0 N–H and O–H groups in total. The molecule has 0 radical (unpaired) electrons. The number of ether oxygens (including phenoxy) is 3. The normalized spacial score (nSPS) is 10.6. The summed E-state index contributed by atoms with van der Waals surface area (Å²) < 4.78 is 14.0. The summed E-state index contributed by atoms with van der Waals surface area (Å²) in [4.78, 5) is 33.1. The van der Waals surface area contributed by atoms with E-state index in [-0.39, 0.29) is 6.61 Å². The highest BCUT2D eigenvalue weighted by molar-refractivity contribution is 5.91. The fourth-order valence-electron chi connectivity index (χ4n) is 0.891. The Morgan fingerprint density at radius 2 is 1.47 bits per heavy atom. The summed E-state index contributed by atoms with van der Waals surface area (Å²) in [6, 6.07) is 0. The Hall–Kier alpha value is -1.59. The molecule has 6 nitrogen and oxygen atoms in total. The second kappa shape index (κ2) is 6.88. The van der Waals surface area contributed by atoms with E-state index < -0.39 is 36.5 Å². The van der Waals surface area contributed by atoms with Crippen molar-refractivity contribution < 1.29 is 28.6 Å². The first-order valence-electron chi connectivity index (χ1n) is 5.27. The van der Waals surface area contributed by atoms with E-state index in [1.54, 1.807) is 27.7 Å². The number of carbonyl (C=O) groups excluding carboxylic acids is 3. The van der Waals surface area contributed by atoms with Crippen LogP contribution < -0.4 is 0 Å². The minimum atomic E-state index is -0.811. The highest BCUT2D eigenvalue weighted by Gasteiger charge is 2.18. The van der Waals surface area contributed by atoms with Gasteiger partial charge < -0.3 is 14.2 Å². The third-order valence-corrected chi connectivity index (χ3v) is 1.37. The average molecular weight is 246 g/mol. The molecular formula is C11H18O6. The highest BCUT2D eigenvalue weighted by Crippen LogP contribution is 2.06. The van der Waals surface area contributed by atoms with Crippen LogP contribution in [0, 0.1) is 0 Å². The maximum atomic E-state index is 11.2. The van der Waals surface area contributed by atoms with Gasteiger partial charge in [0.25, 0.3) is 0 Å². The fraction of sp³-hybridized carbons (Fsp3) is 0.727. The van der Waals surface area contributed by atoms with Gasteiger partial charge in [-0.3, -0.25) is 9.59 Å². The number of hydrogen-bond donors (Lipinski definition) is 0. The molecule has 0 saturated heterocycles. The Morgan fingerprint density at radius 3 is 1.94 bits per heavy atom. The lowest BCUT2D eigenvalue weighted by molar-refractivity contribution is -0.168. The second-order valence-corrected chi connectivity index (χ2v) is 4.23. The van der Waals surface area contributed by atoms with Crippen LogP contribution in [0.1, 0.15) is 34.1 Å². The summed E-state index contributed by atoms with van der Waals surface area (Å²) in [7, 11) is 0. The molecule has 0 fully saturated rings. The van der Waals surface area contributed by atoms with Crippen LogP contribution in [-0.4, -0.2) is 36.7 Å². The van der Waals surface area contributed by atoms with Crippen LogP contribution in [0.4, 0.5) is 0 Å². The van der Waals surface area contributed by atoms with Gasteiger partial charge in [-0.2, -0.15) is 0 Å². The predicted molar refractivity (Wildman–Crippen MR) is 58.1 cm³/mol. The molecule has 98 valence electrons. The van der Waals surface area contributed by atoms with Crippen LogP contribution in [0.3, 0.4) is 0 Å². The quantitative estimate of drug-likeness (QED) is 0.406. The highest BCUT2D eigenvalue weighted by atomic mass is 16.6. The second-order valence-electron chi connectivity index (χ2n) is 4.23. The standard InChI is InChI=1S/C11H18O6/c1-5-15-8(12)6-9(13)16-7-10(14)17-11(2,3)4/h5-7H2,1-4H3. The Balaban J connectivity index is 3.85. The first kappa shape index (κ1) is 15.4. The van der Waals surface area contributed by atoms with Gasteiger partial charge in [-0.25, -0.2) is 4.79 Å². The van der Waals surface area contributed by atoms with Crippen molar-refractivity contribution in [2.75, 3.05) is 13.2 Å². The maximum absolute atomic E-state index is 11.2. The van der Waals surface area contributed by atoms with Gasteiger partial charge in [0, 0.05) is 0 Å². The number of esters is 3. The van der Waals surface area contributed by atoms with E-state index >= 15 is 0 Å². The third kappa shape index (κ3) is 9.35. The van der Waals surface area contributed by atoms with Crippen molar-refractivity contribution in [3.05, 3.63) is 0 Å². The maximum Gasteiger partial charge on any atom is 0.344 e. The van der Waals surface area contributed by atoms with E-state index in [0.717, 1.165) is 0 Å². The molecule has 0 saturated carbocycles. The molecule has 17 heavy (non-hydrogen) atoms. The van der Waals surface area contributed by atoms with Crippen molar-refractivity contribution in [2.24, 2.45) is 0 Å². The van der Waals surface area contributed by atoms with Gasteiger partial charge in [-0.15, -0.1) is 0 Å². The summed E-state index contributed by atoms with van der Waals surface area (Å²) >= 11 is 0. The minimum absolute atomic E-state index is 0.193. The largest absolute Gasteiger partial charge is 0.466 e. The van der Waals surface area contributed by atoms with Crippen LogP contribution in [0.15, 0.2) is 0 Å². The zero-order chi connectivity index (χ0) is 13.5. The summed E-state index contributed by atoms with van der Waals surface area (Å²) in [6.45, 7) is 6.42. The van der Waals surface area contributed by atoms with Crippen LogP contribution in [0.2, 0.25) is 0 Å². The molecule has 0 aromatic heterocycles. The van der Waals surface area contributed by atoms with Crippen molar-refractivity contribution in [3.63, 3.8) is 0 Å². The SMILES string of the molecule is CCOC(=O)CC(=O)OCC(=O)OC(C)(C)C. The van der Waals surface area contributed by atoms with E-state index in [2.05, 4.69) is 9.47 Å². The Kier molecular flexibility index (Phi) is 6.23. The van der Waals surface area contributed by atoms with Crippen molar-refractivity contribution in [1.82, 2.24) is 0 Å². The van der Waals surface area contributed by atoms with Gasteiger partial charge >= 0.3 is 17.9 Å². The van der Waals surface area contributed by atoms with E-state index in [4.69, 9.17) is 4.74 Å². The van der Waals surface area contributed by atoms with E-state index in [0.29, 0.717) is 0 Å². The number of carbonyl (C=O) groups is 3. The van der Waals surface area contributed by atoms with Gasteiger partial charge in [-0.05, 0) is 27.7 Å². The Bertz CT molecular complexity index is 289. The molecule has 0 amide bonds. The lowest BCUT2D eigenvalue weighted by atomic mass is 10.2. The molecule has 0 aromatic rings. The van der Waals surface area contributed by atoms with E-state index in [9.17, 15) is 14.4 Å². The van der Waals surface area contributed by atoms with Crippen LogP contribution in [0.25, 0.3) is 0 Å². The van der Waals surface area contributed by atoms with Gasteiger partial charge in [-0.1, -0.05) is 0 Å². The molecule has 0 bridgehead atoms. The molecule has 0 rings (SSSR count). The van der Waals surface area contributed by atoms with E-state index in [1.807, 2.05) is 0 Å². The lowest BCUT2D eigenvalue weighted by Crippen LogP contribution is -2.27. The van der Waals surface area contributed by atoms with Crippen LogP contribution in [-0.2, 0) is 28.6 Å². The zero-order valence-corrected chi connectivity index (χ0v) is 10.6. The third-order valence-electron chi connectivity index (χ3n) is 1.37. The van der Waals surface area contributed by atoms with E-state index in [1.165, 1.54) is 0 Å². The smallest absolute Gasteiger partial charge is 0.344 e. The first-order valence-corrected chi connectivity index (χ1v) is 5.27. The molecule has 6 heteroatoms.